The van der Waals surface area contributed by atoms with Gasteiger partial charge in [-0.2, -0.15) is 0 Å². The number of ether oxygens (including phenoxy) is 1. The van der Waals surface area contributed by atoms with E-state index in [2.05, 4.69) is 13.8 Å². The fraction of sp³-hybridized carbons (Fsp3) is 0.619. The van der Waals surface area contributed by atoms with E-state index in [9.17, 15) is 19.3 Å². The van der Waals surface area contributed by atoms with Crippen LogP contribution in [0.5, 0.6) is 0 Å². The van der Waals surface area contributed by atoms with Crippen molar-refractivity contribution in [3.05, 3.63) is 35.9 Å². The summed E-state index contributed by atoms with van der Waals surface area (Å²) in [5.74, 6) is 0.339. The average Bonchev–Trinajstić information content (AvgIpc) is 2.73. The third-order valence-electron chi connectivity index (χ3n) is 4.38. The molecule has 0 heterocycles. The highest BCUT2D eigenvalue weighted by atomic mass is 33.1. The van der Waals surface area contributed by atoms with E-state index < -0.39 is 23.7 Å². The Morgan fingerprint density at radius 3 is 2.10 bits per heavy atom. The second kappa shape index (κ2) is 14.8. The Morgan fingerprint density at radius 1 is 1.07 bits per heavy atom. The van der Waals surface area contributed by atoms with Crippen LogP contribution < -0.4 is 0 Å². The molecule has 0 bridgehead atoms. The van der Waals surface area contributed by atoms with E-state index in [1.54, 1.807) is 6.92 Å². The first-order valence-corrected chi connectivity index (χ1v) is 15.5. The highest BCUT2D eigenvalue weighted by Gasteiger charge is 2.36. The Labute approximate surface area is 188 Å². The van der Waals surface area contributed by atoms with Crippen molar-refractivity contribution in [3.63, 3.8) is 0 Å². The van der Waals surface area contributed by atoms with Gasteiger partial charge >= 0.3 is 12.1 Å². The molecule has 9 heteroatoms. The lowest BCUT2D eigenvalue weighted by Gasteiger charge is -2.30. The van der Waals surface area contributed by atoms with Gasteiger partial charge in [-0.05, 0) is 24.8 Å². The molecule has 170 valence electrons. The monoisotopic (exact) mass is 475 g/mol. The molecule has 1 aromatic rings. The third kappa shape index (κ3) is 9.80. The number of carboxylic acids is 1. The predicted octanol–water partition coefficient (Wildman–Crippen LogP) is 6.71. The summed E-state index contributed by atoms with van der Waals surface area (Å²) in [6.07, 6.45) is 3.21. The van der Waals surface area contributed by atoms with Crippen LogP contribution in [0.2, 0.25) is 0 Å². The summed E-state index contributed by atoms with van der Waals surface area (Å²) in [6, 6.07) is 8.15. The van der Waals surface area contributed by atoms with Crippen LogP contribution in [0.3, 0.4) is 0 Å². The number of carbonyl (C=O) groups excluding carboxylic acids is 1. The summed E-state index contributed by atoms with van der Waals surface area (Å²) in [5.41, 5.74) is -2.08. The Balaban J connectivity index is 2.99. The molecule has 0 spiro atoms. The maximum Gasteiger partial charge on any atom is 0.411 e. The van der Waals surface area contributed by atoms with Gasteiger partial charge in [0.2, 0.25) is 5.55 Å². The van der Waals surface area contributed by atoms with Crippen LogP contribution in [-0.4, -0.2) is 45.9 Å². The molecule has 0 aliphatic heterocycles. The zero-order valence-electron chi connectivity index (χ0n) is 18.1. The first-order valence-electron chi connectivity index (χ1n) is 10.4. The van der Waals surface area contributed by atoms with E-state index in [1.165, 1.54) is 22.8 Å². The van der Waals surface area contributed by atoms with Gasteiger partial charge in [0.05, 0.1) is 6.29 Å². The van der Waals surface area contributed by atoms with Gasteiger partial charge in [-0.15, -0.1) is 0 Å². The lowest BCUT2D eigenvalue weighted by molar-refractivity contribution is -0.142. The summed E-state index contributed by atoms with van der Waals surface area (Å²) < 4.78 is 19.1. The largest absolute Gasteiger partial charge is 0.480 e. The molecule has 0 aromatic heterocycles. The Morgan fingerprint density at radius 2 is 1.63 bits per heavy atom. The molecular weight excluding hydrogens is 441 g/mol. The molecule has 0 fully saturated rings. The van der Waals surface area contributed by atoms with Crippen LogP contribution in [0, 0.1) is 0 Å². The van der Waals surface area contributed by atoms with Gasteiger partial charge in [0.25, 0.3) is 0 Å². The molecule has 0 aliphatic rings. The molecule has 1 aromatic carbocycles. The van der Waals surface area contributed by atoms with Crippen LogP contribution in [0.4, 0.5) is 4.79 Å². The Kier molecular flexibility index (Phi) is 13.3. The third-order valence-corrected chi connectivity index (χ3v) is 12.8. The standard InChI is InChI=1S/C21H34NO5PS2/c1-4-7-14-29-28(26,30-15-8-5-2)17-22(19(6-3)20(23)24)21(25)27-16-18-12-10-9-11-13-18/h9-13,19H,4-8,14-17H2,1-3H3,(H,23,24). The Hall–Kier alpha value is -1.11. The second-order valence-corrected chi connectivity index (χ2v) is 15.5. The summed E-state index contributed by atoms with van der Waals surface area (Å²) >= 11 is 2.75. The quantitative estimate of drug-likeness (QED) is 0.223. The number of rotatable bonds is 15. The number of carbonyl (C=O) groups is 2. The number of carboxylic acid groups (broad SMARTS) is 1. The molecular formula is C21H34NO5PS2. The fourth-order valence-corrected chi connectivity index (χ4v) is 10.8. The van der Waals surface area contributed by atoms with E-state index in [0.717, 1.165) is 47.7 Å². The lowest BCUT2D eigenvalue weighted by atomic mass is 10.2. The lowest BCUT2D eigenvalue weighted by Crippen LogP contribution is -2.45. The molecule has 1 atom stereocenters. The van der Waals surface area contributed by atoms with Crippen LogP contribution in [0.15, 0.2) is 30.3 Å². The number of unbranched alkanes of at least 4 members (excludes halogenated alkanes) is 2. The van der Waals surface area contributed by atoms with Crippen molar-refractivity contribution < 1.29 is 24.0 Å². The van der Waals surface area contributed by atoms with Gasteiger partial charge in [0.1, 0.15) is 12.6 Å². The summed E-state index contributed by atoms with van der Waals surface area (Å²) in [6.45, 7) is 5.89. The minimum Gasteiger partial charge on any atom is -0.480 e. The Bertz CT molecular complexity index is 675. The van der Waals surface area contributed by atoms with Crippen molar-refractivity contribution in [3.8, 4) is 0 Å². The molecule has 1 N–H and O–H groups in total. The number of hydrogen-bond donors (Lipinski definition) is 1. The van der Waals surface area contributed by atoms with Gasteiger partial charge in [-0.1, -0.05) is 86.7 Å². The van der Waals surface area contributed by atoms with Crippen molar-refractivity contribution >= 4 is 40.4 Å². The number of benzene rings is 1. The zero-order valence-corrected chi connectivity index (χ0v) is 20.6. The zero-order chi connectivity index (χ0) is 22.4. The van der Waals surface area contributed by atoms with E-state index >= 15 is 0 Å². The maximum atomic E-state index is 13.7. The first-order chi connectivity index (χ1) is 14.4. The van der Waals surface area contributed by atoms with Crippen LogP contribution >= 0.6 is 28.3 Å². The summed E-state index contributed by atoms with van der Waals surface area (Å²) in [5, 5.41) is 9.65. The molecule has 0 aliphatic carbocycles. The molecule has 1 unspecified atom stereocenters. The van der Waals surface area contributed by atoms with Gasteiger partial charge in [0.15, 0.2) is 0 Å². The van der Waals surface area contributed by atoms with E-state index in [4.69, 9.17) is 4.74 Å². The summed E-state index contributed by atoms with van der Waals surface area (Å²) in [4.78, 5) is 25.8. The van der Waals surface area contributed by atoms with Crippen molar-refractivity contribution in [1.29, 1.82) is 0 Å². The SMILES string of the molecule is CCCCSP(=O)(CN(C(=O)OCc1ccccc1)C(CC)C(=O)O)SCCCC. The molecule has 0 saturated heterocycles. The van der Waals surface area contributed by atoms with E-state index in [-0.39, 0.29) is 19.3 Å². The smallest absolute Gasteiger partial charge is 0.411 e. The average molecular weight is 476 g/mol. The number of hydrogen-bond acceptors (Lipinski definition) is 6. The van der Waals surface area contributed by atoms with Crippen molar-refractivity contribution in [2.24, 2.45) is 0 Å². The highest BCUT2D eigenvalue weighted by molar-refractivity contribution is 8.90. The predicted molar refractivity (Wildman–Crippen MR) is 127 cm³/mol. The molecule has 1 amide bonds. The molecule has 6 nitrogen and oxygen atoms in total. The van der Waals surface area contributed by atoms with Gasteiger partial charge in [0, 0.05) is 11.5 Å². The van der Waals surface area contributed by atoms with Crippen LogP contribution in [-0.2, 0) is 20.7 Å². The maximum absolute atomic E-state index is 13.7. The normalized spacial score (nSPS) is 12.4. The topological polar surface area (TPSA) is 83.9 Å². The second-order valence-electron chi connectivity index (χ2n) is 6.90. The van der Waals surface area contributed by atoms with E-state index in [0.29, 0.717) is 0 Å². The molecule has 1 rings (SSSR count). The van der Waals surface area contributed by atoms with Gasteiger partial charge in [-0.25, -0.2) is 9.59 Å². The van der Waals surface area contributed by atoms with Gasteiger partial charge < -0.3 is 9.84 Å². The number of nitrogens with zero attached hydrogens (tertiary/aromatic N) is 1. The summed E-state index contributed by atoms with van der Waals surface area (Å²) in [7, 11) is 0. The van der Waals surface area contributed by atoms with Crippen molar-refractivity contribution in [2.45, 2.75) is 65.5 Å². The molecule has 0 saturated carbocycles. The van der Waals surface area contributed by atoms with Gasteiger partial charge in [-0.3, -0.25) is 9.46 Å². The number of aliphatic carboxylic acids is 1. The van der Waals surface area contributed by atoms with Crippen LogP contribution in [0.25, 0.3) is 0 Å². The molecule has 0 radical (unpaired) electrons. The van der Waals surface area contributed by atoms with E-state index in [1.807, 2.05) is 30.3 Å². The first kappa shape index (κ1) is 26.9. The highest BCUT2D eigenvalue weighted by Crippen LogP contribution is 2.69. The molecule has 30 heavy (non-hydrogen) atoms. The van der Waals surface area contributed by atoms with Crippen molar-refractivity contribution in [2.75, 3.05) is 17.8 Å². The van der Waals surface area contributed by atoms with Crippen LogP contribution in [0.1, 0.15) is 58.4 Å². The number of amides is 1. The minimum atomic E-state index is -2.90. The fourth-order valence-electron chi connectivity index (χ4n) is 2.62. The van der Waals surface area contributed by atoms with Crippen molar-refractivity contribution in [1.82, 2.24) is 4.90 Å². The minimum absolute atomic E-state index is 0.0441.